The molecule has 0 aliphatic carbocycles. The maximum atomic E-state index is 12.8. The van der Waals surface area contributed by atoms with E-state index in [1.807, 2.05) is 13.8 Å². The first kappa shape index (κ1) is 22.5. The van der Waals surface area contributed by atoms with Gasteiger partial charge in [0.15, 0.2) is 11.5 Å². The van der Waals surface area contributed by atoms with Gasteiger partial charge in [0.05, 0.1) is 11.7 Å². The Kier molecular flexibility index (Phi) is 7.13. The number of esters is 1. The highest BCUT2D eigenvalue weighted by atomic mass is 35.5. The Hall–Kier alpha value is -2.74. The van der Waals surface area contributed by atoms with E-state index in [1.54, 1.807) is 13.0 Å². The third kappa shape index (κ3) is 6.12. The minimum Gasteiger partial charge on any atom is -0.491 e. The second-order valence-corrected chi connectivity index (χ2v) is 6.64. The summed E-state index contributed by atoms with van der Waals surface area (Å²) in [5.41, 5.74) is -0.776. The van der Waals surface area contributed by atoms with Gasteiger partial charge in [-0.25, -0.2) is 9.78 Å². The molecule has 1 aromatic heterocycles. The summed E-state index contributed by atoms with van der Waals surface area (Å²) < 4.78 is 54.8. The summed E-state index contributed by atoms with van der Waals surface area (Å²) in [5.74, 6) is -0.547. The van der Waals surface area contributed by atoms with Gasteiger partial charge in [-0.05, 0) is 38.5 Å². The number of ether oxygens (including phenoxy) is 3. The van der Waals surface area contributed by atoms with E-state index in [2.05, 4.69) is 11.6 Å². The number of benzene rings is 1. The quantitative estimate of drug-likeness (QED) is 0.298. The maximum absolute atomic E-state index is 12.8. The number of halogens is 4. The molecule has 0 aliphatic heterocycles. The molecule has 0 aliphatic rings. The molecule has 0 spiro atoms. The molecule has 2 aromatic rings. The maximum Gasteiger partial charge on any atom is 0.417 e. The third-order valence-corrected chi connectivity index (χ3v) is 3.82. The van der Waals surface area contributed by atoms with Crippen LogP contribution in [-0.4, -0.2) is 17.1 Å². The van der Waals surface area contributed by atoms with E-state index in [4.69, 9.17) is 25.8 Å². The SMILES string of the molecule is C=C(CC)C(=O)Oc1ccc(OC(C)C)cc1Oc1ncc(C(F)(F)F)cc1Cl. The average molecular weight is 430 g/mol. The number of rotatable bonds is 7. The molecule has 0 radical (unpaired) electrons. The number of hydrogen-bond acceptors (Lipinski definition) is 5. The van der Waals surface area contributed by atoms with Crippen molar-refractivity contribution in [3.8, 4) is 23.1 Å². The highest BCUT2D eigenvalue weighted by Crippen LogP contribution is 2.39. The Morgan fingerprint density at radius 1 is 1.24 bits per heavy atom. The minimum absolute atomic E-state index is 0.00504. The van der Waals surface area contributed by atoms with Crippen LogP contribution in [-0.2, 0) is 11.0 Å². The highest BCUT2D eigenvalue weighted by molar-refractivity contribution is 6.31. The molecule has 0 amide bonds. The topological polar surface area (TPSA) is 57.7 Å². The van der Waals surface area contributed by atoms with Gasteiger partial charge in [-0.2, -0.15) is 13.2 Å². The zero-order valence-electron chi connectivity index (χ0n) is 16.0. The van der Waals surface area contributed by atoms with Crippen LogP contribution in [0.4, 0.5) is 13.2 Å². The molecule has 0 N–H and O–H groups in total. The number of carbonyl (C=O) groups is 1. The summed E-state index contributed by atoms with van der Waals surface area (Å²) in [6, 6.07) is 5.12. The molecule has 1 aromatic carbocycles. The molecular formula is C20H19ClF3NO4. The van der Waals surface area contributed by atoms with Crippen molar-refractivity contribution < 1.29 is 32.2 Å². The number of pyridine rings is 1. The number of carbonyl (C=O) groups excluding carboxylic acids is 1. The van der Waals surface area contributed by atoms with Crippen molar-refractivity contribution in [3.05, 3.63) is 53.2 Å². The fraction of sp³-hybridized carbons (Fsp3) is 0.300. The van der Waals surface area contributed by atoms with Crippen molar-refractivity contribution in [2.24, 2.45) is 0 Å². The molecule has 0 saturated carbocycles. The molecule has 0 unspecified atom stereocenters. The standard InChI is InChI=1S/C20H19ClF3NO4/c1-5-12(4)19(26)29-16-7-6-14(27-11(2)3)9-17(16)28-18-15(21)8-13(10-25-18)20(22,23)24/h6-11H,4-5H2,1-3H3. The monoisotopic (exact) mass is 429 g/mol. The Bertz CT molecular complexity index is 913. The first-order valence-corrected chi connectivity index (χ1v) is 9.00. The summed E-state index contributed by atoms with van der Waals surface area (Å²) in [7, 11) is 0. The predicted molar refractivity (Wildman–Crippen MR) is 102 cm³/mol. The smallest absolute Gasteiger partial charge is 0.417 e. The Balaban J connectivity index is 2.40. The van der Waals surface area contributed by atoms with Crippen molar-refractivity contribution in [1.82, 2.24) is 4.98 Å². The second kappa shape index (κ2) is 9.17. The lowest BCUT2D eigenvalue weighted by molar-refractivity contribution is -0.138. The van der Waals surface area contributed by atoms with E-state index in [0.717, 1.165) is 0 Å². The molecule has 0 atom stereocenters. The van der Waals surface area contributed by atoms with Gasteiger partial charge in [-0.15, -0.1) is 0 Å². The van der Waals surface area contributed by atoms with Gasteiger partial charge in [0.25, 0.3) is 0 Å². The average Bonchev–Trinajstić information content (AvgIpc) is 2.63. The summed E-state index contributed by atoms with van der Waals surface area (Å²) >= 11 is 5.90. The number of nitrogens with zero attached hydrogens (tertiary/aromatic N) is 1. The second-order valence-electron chi connectivity index (χ2n) is 6.23. The molecule has 5 nitrogen and oxygen atoms in total. The molecule has 2 rings (SSSR count). The van der Waals surface area contributed by atoms with Crippen LogP contribution in [0.1, 0.15) is 32.8 Å². The Labute approximate surface area is 171 Å². The van der Waals surface area contributed by atoms with Gasteiger partial charge in [-0.3, -0.25) is 0 Å². The van der Waals surface area contributed by atoms with Crippen molar-refractivity contribution >= 4 is 17.6 Å². The van der Waals surface area contributed by atoms with Gasteiger partial charge in [-0.1, -0.05) is 25.1 Å². The lowest BCUT2D eigenvalue weighted by atomic mass is 10.2. The molecule has 156 valence electrons. The van der Waals surface area contributed by atoms with Crippen molar-refractivity contribution in [1.29, 1.82) is 0 Å². The minimum atomic E-state index is -4.60. The summed E-state index contributed by atoms with van der Waals surface area (Å²) in [6.45, 7) is 8.98. The largest absolute Gasteiger partial charge is 0.491 e. The normalized spacial score (nSPS) is 11.3. The molecule has 0 fully saturated rings. The van der Waals surface area contributed by atoms with E-state index in [9.17, 15) is 18.0 Å². The van der Waals surface area contributed by atoms with Crippen LogP contribution < -0.4 is 14.2 Å². The van der Waals surface area contributed by atoms with E-state index < -0.39 is 17.7 Å². The van der Waals surface area contributed by atoms with Crippen LogP contribution in [0.25, 0.3) is 0 Å². The van der Waals surface area contributed by atoms with Crippen molar-refractivity contribution in [2.75, 3.05) is 0 Å². The van der Waals surface area contributed by atoms with Crippen LogP contribution in [0, 0.1) is 0 Å². The fourth-order valence-electron chi connectivity index (χ4n) is 2.07. The molecule has 0 bridgehead atoms. The summed E-state index contributed by atoms with van der Waals surface area (Å²) in [6.07, 6.45) is -3.76. The first-order chi connectivity index (χ1) is 13.5. The number of alkyl halides is 3. The molecular weight excluding hydrogens is 411 g/mol. The van der Waals surface area contributed by atoms with Crippen molar-refractivity contribution in [3.63, 3.8) is 0 Å². The zero-order valence-corrected chi connectivity index (χ0v) is 16.7. The van der Waals surface area contributed by atoms with Crippen LogP contribution in [0.2, 0.25) is 5.02 Å². The summed E-state index contributed by atoms with van der Waals surface area (Å²) in [5, 5.41) is -0.356. The third-order valence-electron chi connectivity index (χ3n) is 3.55. The zero-order chi connectivity index (χ0) is 21.8. The lowest BCUT2D eigenvalue weighted by Gasteiger charge is -2.16. The van der Waals surface area contributed by atoms with E-state index in [1.165, 1.54) is 12.1 Å². The van der Waals surface area contributed by atoms with Crippen molar-refractivity contribution in [2.45, 2.75) is 39.5 Å². The predicted octanol–water partition coefficient (Wildman–Crippen LogP) is 6.20. The van der Waals surface area contributed by atoms with Crippen LogP contribution in [0.15, 0.2) is 42.6 Å². The molecule has 1 heterocycles. The van der Waals surface area contributed by atoms with Gasteiger partial charge in [0.2, 0.25) is 5.88 Å². The van der Waals surface area contributed by atoms with Crippen LogP contribution >= 0.6 is 11.6 Å². The first-order valence-electron chi connectivity index (χ1n) is 8.62. The van der Waals surface area contributed by atoms with Gasteiger partial charge in [0.1, 0.15) is 10.8 Å². The van der Waals surface area contributed by atoms with Gasteiger partial charge >= 0.3 is 12.1 Å². The molecule has 9 heteroatoms. The lowest BCUT2D eigenvalue weighted by Crippen LogP contribution is -2.11. The van der Waals surface area contributed by atoms with Crippen LogP contribution in [0.3, 0.4) is 0 Å². The van der Waals surface area contributed by atoms with Crippen LogP contribution in [0.5, 0.6) is 23.1 Å². The highest BCUT2D eigenvalue weighted by Gasteiger charge is 2.32. The van der Waals surface area contributed by atoms with Gasteiger partial charge < -0.3 is 14.2 Å². The Morgan fingerprint density at radius 2 is 1.93 bits per heavy atom. The Morgan fingerprint density at radius 3 is 2.48 bits per heavy atom. The molecule has 29 heavy (non-hydrogen) atoms. The number of aromatic nitrogens is 1. The fourth-order valence-corrected chi connectivity index (χ4v) is 2.28. The molecule has 0 saturated heterocycles. The summed E-state index contributed by atoms with van der Waals surface area (Å²) in [4.78, 5) is 15.7. The van der Waals surface area contributed by atoms with E-state index in [-0.39, 0.29) is 34.1 Å². The van der Waals surface area contributed by atoms with E-state index >= 15 is 0 Å². The van der Waals surface area contributed by atoms with E-state index in [0.29, 0.717) is 24.4 Å². The van der Waals surface area contributed by atoms with Gasteiger partial charge in [0, 0.05) is 17.8 Å². The number of hydrogen-bond donors (Lipinski definition) is 0.